The van der Waals surface area contributed by atoms with Gasteiger partial charge in [-0.05, 0) is 31.0 Å². The first-order valence-electron chi connectivity index (χ1n) is 7.44. The van der Waals surface area contributed by atoms with Gasteiger partial charge in [-0.2, -0.15) is 0 Å². The second-order valence-electron chi connectivity index (χ2n) is 5.03. The summed E-state index contributed by atoms with van der Waals surface area (Å²) >= 11 is 0. The lowest BCUT2D eigenvalue weighted by molar-refractivity contribution is 0.195. The van der Waals surface area contributed by atoms with E-state index in [1.807, 2.05) is 14.1 Å². The number of nitrogens with one attached hydrogen (secondary N) is 2. The van der Waals surface area contributed by atoms with Gasteiger partial charge in [0.05, 0.1) is 6.54 Å². The molecule has 5 nitrogen and oxygen atoms in total. The van der Waals surface area contributed by atoms with Crippen molar-refractivity contribution < 1.29 is 4.74 Å². The summed E-state index contributed by atoms with van der Waals surface area (Å²) in [6.07, 6.45) is 0.969. The van der Waals surface area contributed by atoms with Crippen molar-refractivity contribution in [3.05, 3.63) is 29.8 Å². The Morgan fingerprint density at radius 2 is 2.10 bits per heavy atom. The van der Waals surface area contributed by atoms with Crippen molar-refractivity contribution in [3.8, 4) is 0 Å². The van der Waals surface area contributed by atoms with E-state index in [1.165, 1.54) is 11.3 Å². The maximum Gasteiger partial charge on any atom is 0.191 e. The highest BCUT2D eigenvalue weighted by molar-refractivity contribution is 5.79. The van der Waals surface area contributed by atoms with Crippen LogP contribution in [0.4, 0.5) is 5.69 Å². The minimum atomic E-state index is 0.668. The van der Waals surface area contributed by atoms with Gasteiger partial charge >= 0.3 is 0 Å². The van der Waals surface area contributed by atoms with E-state index >= 15 is 0 Å². The Labute approximate surface area is 128 Å². The molecule has 21 heavy (non-hydrogen) atoms. The number of hydrogen-bond acceptors (Lipinski definition) is 3. The van der Waals surface area contributed by atoms with Gasteiger partial charge in [0.15, 0.2) is 5.96 Å². The summed E-state index contributed by atoms with van der Waals surface area (Å²) < 4.78 is 5.04. The molecule has 0 atom stereocenters. The molecule has 1 aromatic carbocycles. The highest BCUT2D eigenvalue weighted by Gasteiger charge is 1.99. The largest absolute Gasteiger partial charge is 0.385 e. The molecule has 0 radical (unpaired) electrons. The second kappa shape index (κ2) is 10.0. The standard InChI is InChI=1S/C16H28N4O/c1-5-17-16(18-10-7-11-21-4)19-13-14-8-6-9-15(12-14)20(2)3/h6,8-9,12H,5,7,10-11,13H2,1-4H3,(H2,17,18,19). The van der Waals surface area contributed by atoms with Crippen LogP contribution in [-0.2, 0) is 11.3 Å². The summed E-state index contributed by atoms with van der Waals surface area (Å²) in [5.41, 5.74) is 2.40. The van der Waals surface area contributed by atoms with Gasteiger partial charge in [0, 0.05) is 46.6 Å². The molecule has 0 bridgehead atoms. The number of nitrogens with zero attached hydrogens (tertiary/aromatic N) is 2. The number of aliphatic imine (C=N–C) groups is 1. The van der Waals surface area contributed by atoms with Crippen LogP contribution in [0, 0.1) is 0 Å². The fraction of sp³-hybridized carbons (Fsp3) is 0.562. The molecule has 5 heteroatoms. The van der Waals surface area contributed by atoms with Gasteiger partial charge in [-0.3, -0.25) is 0 Å². The van der Waals surface area contributed by atoms with Crippen molar-refractivity contribution >= 4 is 11.6 Å². The van der Waals surface area contributed by atoms with Crippen molar-refractivity contribution in [2.75, 3.05) is 45.8 Å². The summed E-state index contributed by atoms with van der Waals surface area (Å²) in [5.74, 6) is 0.851. The minimum Gasteiger partial charge on any atom is -0.385 e. The SMILES string of the molecule is CCNC(=NCc1cccc(N(C)C)c1)NCCCOC. The van der Waals surface area contributed by atoms with Crippen LogP contribution >= 0.6 is 0 Å². The molecule has 0 aliphatic carbocycles. The summed E-state index contributed by atoms with van der Waals surface area (Å²) in [6, 6.07) is 8.43. The first-order valence-corrected chi connectivity index (χ1v) is 7.44. The van der Waals surface area contributed by atoms with Crippen molar-refractivity contribution in [2.45, 2.75) is 19.9 Å². The zero-order chi connectivity index (χ0) is 15.5. The third kappa shape index (κ3) is 6.99. The predicted molar refractivity (Wildman–Crippen MR) is 90.1 cm³/mol. The van der Waals surface area contributed by atoms with Crippen LogP contribution in [0.3, 0.4) is 0 Å². The maximum absolute atomic E-state index is 5.04. The number of hydrogen-bond donors (Lipinski definition) is 2. The van der Waals surface area contributed by atoms with E-state index in [4.69, 9.17) is 4.74 Å². The van der Waals surface area contributed by atoms with Gasteiger partial charge in [0.1, 0.15) is 0 Å². The van der Waals surface area contributed by atoms with Crippen LogP contribution in [0.1, 0.15) is 18.9 Å². The molecule has 0 unspecified atom stereocenters. The van der Waals surface area contributed by atoms with Crippen molar-refractivity contribution in [3.63, 3.8) is 0 Å². The molecule has 1 rings (SSSR count). The summed E-state index contributed by atoms with van der Waals surface area (Å²) in [4.78, 5) is 6.72. The number of rotatable bonds is 8. The quantitative estimate of drug-likeness (QED) is 0.436. The van der Waals surface area contributed by atoms with Gasteiger partial charge in [0.25, 0.3) is 0 Å². The van der Waals surface area contributed by atoms with E-state index in [1.54, 1.807) is 7.11 Å². The molecule has 2 N–H and O–H groups in total. The van der Waals surface area contributed by atoms with Gasteiger partial charge in [-0.25, -0.2) is 4.99 Å². The first-order chi connectivity index (χ1) is 10.2. The molecule has 0 heterocycles. The topological polar surface area (TPSA) is 48.9 Å². The lowest BCUT2D eigenvalue weighted by Crippen LogP contribution is -2.38. The van der Waals surface area contributed by atoms with Crippen molar-refractivity contribution in [1.82, 2.24) is 10.6 Å². The molecule has 0 spiro atoms. The van der Waals surface area contributed by atoms with Gasteiger partial charge in [-0.1, -0.05) is 12.1 Å². The predicted octanol–water partition coefficient (Wildman–Crippen LogP) is 1.84. The zero-order valence-corrected chi connectivity index (χ0v) is 13.6. The Morgan fingerprint density at radius 3 is 2.76 bits per heavy atom. The van der Waals surface area contributed by atoms with Crippen LogP contribution in [0.15, 0.2) is 29.3 Å². The lowest BCUT2D eigenvalue weighted by Gasteiger charge is -2.14. The van der Waals surface area contributed by atoms with Crippen LogP contribution in [-0.4, -0.2) is 46.9 Å². The zero-order valence-electron chi connectivity index (χ0n) is 13.6. The van der Waals surface area contributed by atoms with Crippen molar-refractivity contribution in [1.29, 1.82) is 0 Å². The van der Waals surface area contributed by atoms with E-state index in [2.05, 4.69) is 51.7 Å². The van der Waals surface area contributed by atoms with E-state index in [0.717, 1.165) is 32.1 Å². The molecule has 0 saturated heterocycles. The third-order valence-corrected chi connectivity index (χ3v) is 3.01. The van der Waals surface area contributed by atoms with Crippen LogP contribution in [0.5, 0.6) is 0 Å². The normalized spacial score (nSPS) is 11.3. The fourth-order valence-electron chi connectivity index (χ4n) is 1.87. The van der Waals surface area contributed by atoms with E-state index < -0.39 is 0 Å². The summed E-state index contributed by atoms with van der Waals surface area (Å²) in [7, 11) is 5.81. The highest BCUT2D eigenvalue weighted by Crippen LogP contribution is 2.13. The number of benzene rings is 1. The monoisotopic (exact) mass is 292 g/mol. The highest BCUT2D eigenvalue weighted by atomic mass is 16.5. The van der Waals surface area contributed by atoms with Gasteiger partial charge < -0.3 is 20.3 Å². The fourth-order valence-corrected chi connectivity index (χ4v) is 1.87. The number of guanidine groups is 1. The van der Waals surface area contributed by atoms with Gasteiger partial charge in [0.2, 0.25) is 0 Å². The number of anilines is 1. The Morgan fingerprint density at radius 1 is 1.29 bits per heavy atom. The smallest absolute Gasteiger partial charge is 0.191 e. The van der Waals surface area contributed by atoms with Crippen LogP contribution < -0.4 is 15.5 Å². The van der Waals surface area contributed by atoms with E-state index in [9.17, 15) is 0 Å². The van der Waals surface area contributed by atoms with E-state index in [-0.39, 0.29) is 0 Å². The molecule has 0 aliphatic rings. The Hall–Kier alpha value is -1.75. The summed E-state index contributed by atoms with van der Waals surface area (Å²) in [5, 5.41) is 6.57. The summed E-state index contributed by atoms with van der Waals surface area (Å²) in [6.45, 7) is 5.21. The third-order valence-electron chi connectivity index (χ3n) is 3.01. The molecule has 0 saturated carbocycles. The number of methoxy groups -OCH3 is 1. The molecule has 1 aromatic rings. The molecule has 0 amide bonds. The van der Waals surface area contributed by atoms with Crippen LogP contribution in [0.2, 0.25) is 0 Å². The molecule has 0 fully saturated rings. The van der Waals surface area contributed by atoms with E-state index in [0.29, 0.717) is 6.54 Å². The first kappa shape index (κ1) is 17.3. The average Bonchev–Trinajstić information content (AvgIpc) is 2.49. The lowest BCUT2D eigenvalue weighted by atomic mass is 10.2. The molecule has 0 aromatic heterocycles. The number of ether oxygens (including phenoxy) is 1. The Balaban J connectivity index is 2.58. The second-order valence-corrected chi connectivity index (χ2v) is 5.03. The maximum atomic E-state index is 5.04. The molecule has 118 valence electrons. The van der Waals surface area contributed by atoms with Crippen molar-refractivity contribution in [2.24, 2.45) is 4.99 Å². The van der Waals surface area contributed by atoms with Crippen LogP contribution in [0.25, 0.3) is 0 Å². The molecular weight excluding hydrogens is 264 g/mol. The van der Waals surface area contributed by atoms with Gasteiger partial charge in [-0.15, -0.1) is 0 Å². The molecular formula is C16H28N4O. The Kier molecular flexibility index (Phi) is 8.28. The minimum absolute atomic E-state index is 0.668. The average molecular weight is 292 g/mol. The Bertz CT molecular complexity index is 432. The molecule has 0 aliphatic heterocycles.